The highest BCUT2D eigenvalue weighted by atomic mass is 16.6. The van der Waals surface area contributed by atoms with E-state index in [1.54, 1.807) is 0 Å². The lowest BCUT2D eigenvalue weighted by Gasteiger charge is -2.18. The number of carbonyl (C=O) groups excluding carboxylic acids is 3. The molecule has 1 atom stereocenters. The molecule has 0 saturated heterocycles. The fourth-order valence-corrected chi connectivity index (χ4v) is 9.71. The molecule has 6 heteroatoms. The lowest BCUT2D eigenvalue weighted by atomic mass is 10.1. The highest BCUT2D eigenvalue weighted by molar-refractivity contribution is 5.71. The first-order valence-electron chi connectivity index (χ1n) is 34.2. The van der Waals surface area contributed by atoms with Gasteiger partial charge < -0.3 is 14.2 Å². The Hall–Kier alpha value is -3.67. The Balaban J connectivity index is 4.22. The molecule has 0 amide bonds. The van der Waals surface area contributed by atoms with Gasteiger partial charge >= 0.3 is 17.9 Å². The molecule has 460 valence electrons. The first kappa shape index (κ1) is 76.3. The summed E-state index contributed by atoms with van der Waals surface area (Å²) in [6.45, 7) is 6.54. The van der Waals surface area contributed by atoms with Gasteiger partial charge in [0.2, 0.25) is 0 Å². The van der Waals surface area contributed by atoms with Crippen molar-refractivity contribution in [2.24, 2.45) is 0 Å². The van der Waals surface area contributed by atoms with Crippen LogP contribution in [0.5, 0.6) is 0 Å². The van der Waals surface area contributed by atoms with Crippen LogP contribution in [0.1, 0.15) is 335 Å². The van der Waals surface area contributed by atoms with E-state index in [4.69, 9.17) is 14.2 Å². The SMILES string of the molecule is CC/C=C\C/C=C\C/C=C\C/C=C\C/C=C\C/C=C\C/C=C\CCCCCCCCCCCC(=O)OCC(COC(=O)CCCCCCCCCCCC)OC(=O)CCCCCCCCCCC/C=C\CCCCCCCCCC. The van der Waals surface area contributed by atoms with E-state index < -0.39 is 6.10 Å². The number of esters is 3. The molecule has 0 fully saturated rings. The van der Waals surface area contributed by atoms with Crippen molar-refractivity contribution in [1.29, 1.82) is 0 Å². The van der Waals surface area contributed by atoms with Crippen LogP contribution in [0.3, 0.4) is 0 Å². The number of carbonyl (C=O) groups is 3. The highest BCUT2D eigenvalue weighted by Gasteiger charge is 2.19. The maximum atomic E-state index is 12.9. The van der Waals surface area contributed by atoms with Crippen LogP contribution in [0, 0.1) is 0 Å². The van der Waals surface area contributed by atoms with Crippen LogP contribution in [0.25, 0.3) is 0 Å². The molecule has 0 aromatic rings. The third-order valence-electron chi connectivity index (χ3n) is 14.8. The lowest BCUT2D eigenvalue weighted by molar-refractivity contribution is -0.167. The zero-order chi connectivity index (χ0) is 57.8. The number of hydrogen-bond donors (Lipinski definition) is 0. The van der Waals surface area contributed by atoms with Gasteiger partial charge in [0.1, 0.15) is 13.2 Å². The second-order valence-electron chi connectivity index (χ2n) is 22.7. The molecule has 0 N–H and O–H groups in total. The molecule has 0 aromatic heterocycles. The Labute approximate surface area is 496 Å². The minimum atomic E-state index is -0.780. The van der Waals surface area contributed by atoms with Crippen molar-refractivity contribution >= 4 is 17.9 Å². The smallest absolute Gasteiger partial charge is 0.306 e. The third-order valence-corrected chi connectivity index (χ3v) is 14.8. The lowest BCUT2D eigenvalue weighted by Crippen LogP contribution is -2.30. The number of ether oxygens (including phenoxy) is 3. The van der Waals surface area contributed by atoms with E-state index in [1.807, 2.05) is 0 Å². The van der Waals surface area contributed by atoms with Gasteiger partial charge in [0, 0.05) is 19.3 Å². The van der Waals surface area contributed by atoms with Crippen LogP contribution >= 0.6 is 0 Å². The van der Waals surface area contributed by atoms with Gasteiger partial charge in [-0.15, -0.1) is 0 Å². The summed E-state index contributed by atoms with van der Waals surface area (Å²) in [5.74, 6) is -0.873. The van der Waals surface area contributed by atoms with Gasteiger partial charge in [0.05, 0.1) is 0 Å². The Morgan fingerprint density at radius 1 is 0.263 bits per heavy atom. The van der Waals surface area contributed by atoms with Crippen molar-refractivity contribution in [3.63, 3.8) is 0 Å². The Bertz CT molecular complexity index is 1560. The molecule has 1 unspecified atom stereocenters. The summed E-state index contributed by atoms with van der Waals surface area (Å²) in [6.07, 6.45) is 91.4. The van der Waals surface area contributed by atoms with E-state index in [9.17, 15) is 14.4 Å². The van der Waals surface area contributed by atoms with Gasteiger partial charge in [0.25, 0.3) is 0 Å². The topological polar surface area (TPSA) is 78.9 Å². The largest absolute Gasteiger partial charge is 0.462 e. The molecular formula is C74H128O6. The van der Waals surface area contributed by atoms with E-state index in [2.05, 4.69) is 118 Å². The fraction of sp³-hybridized carbons (Fsp3) is 0.743. The first-order chi connectivity index (χ1) is 39.5. The molecule has 0 aromatic carbocycles. The van der Waals surface area contributed by atoms with Crippen LogP contribution in [-0.4, -0.2) is 37.2 Å². The average molecular weight is 1110 g/mol. The fourth-order valence-electron chi connectivity index (χ4n) is 9.71. The van der Waals surface area contributed by atoms with Crippen molar-refractivity contribution in [2.75, 3.05) is 13.2 Å². The molecule has 0 heterocycles. The van der Waals surface area contributed by atoms with Crippen LogP contribution < -0.4 is 0 Å². The van der Waals surface area contributed by atoms with Gasteiger partial charge in [-0.1, -0.05) is 311 Å². The van der Waals surface area contributed by atoms with Crippen molar-refractivity contribution < 1.29 is 28.6 Å². The summed E-state index contributed by atoms with van der Waals surface area (Å²) in [7, 11) is 0. The number of allylic oxidation sites excluding steroid dienone is 16. The third kappa shape index (κ3) is 65.1. The van der Waals surface area contributed by atoms with Gasteiger partial charge in [0.15, 0.2) is 6.10 Å². The first-order valence-corrected chi connectivity index (χ1v) is 34.2. The zero-order valence-electron chi connectivity index (χ0n) is 52.8. The Kier molecular flexibility index (Phi) is 64.7. The number of unbranched alkanes of at least 4 members (excludes halogenated alkanes) is 35. The molecule has 6 nitrogen and oxygen atoms in total. The summed E-state index contributed by atoms with van der Waals surface area (Å²) in [5, 5.41) is 0. The minimum Gasteiger partial charge on any atom is -0.462 e. The summed E-state index contributed by atoms with van der Waals surface area (Å²) in [6, 6.07) is 0. The molecule has 0 saturated carbocycles. The molecular weight excluding hydrogens is 985 g/mol. The summed E-state index contributed by atoms with van der Waals surface area (Å²) >= 11 is 0. The standard InChI is InChI=1S/C74H128O6/c1-4-7-10-13-16-19-22-24-26-28-30-32-33-34-35-36-37-38-39-40-41-43-44-46-48-50-52-55-58-61-64-67-73(76)79-70-71(69-78-72(75)66-63-60-57-54-21-18-15-12-9-6-3)80-74(77)68-65-62-59-56-53-51-49-47-45-42-31-29-27-25-23-20-17-14-11-8-5-2/h7,10,16,19,24,26,29-32,34-35,37-38,40-41,71H,4-6,8-9,11-15,17-18,20-23,25,27-28,33,36,39,42-70H2,1-3H3/b10-7-,19-16-,26-24-,31-29-,32-30-,35-34-,38-37-,41-40-. The van der Waals surface area contributed by atoms with Crippen LogP contribution in [0.4, 0.5) is 0 Å². The van der Waals surface area contributed by atoms with Crippen LogP contribution in [0.2, 0.25) is 0 Å². The van der Waals surface area contributed by atoms with Crippen molar-refractivity contribution in [3.05, 3.63) is 97.2 Å². The normalized spacial score (nSPS) is 12.7. The van der Waals surface area contributed by atoms with Crippen LogP contribution in [0.15, 0.2) is 97.2 Å². The van der Waals surface area contributed by atoms with E-state index >= 15 is 0 Å². The molecule has 0 aliphatic carbocycles. The summed E-state index contributed by atoms with van der Waals surface area (Å²) < 4.78 is 16.9. The molecule has 80 heavy (non-hydrogen) atoms. The Morgan fingerprint density at radius 3 is 0.775 bits per heavy atom. The maximum absolute atomic E-state index is 12.9. The highest BCUT2D eigenvalue weighted by Crippen LogP contribution is 2.17. The van der Waals surface area contributed by atoms with Gasteiger partial charge in [-0.3, -0.25) is 14.4 Å². The summed E-state index contributed by atoms with van der Waals surface area (Å²) in [4.78, 5) is 38.3. The second kappa shape index (κ2) is 67.8. The van der Waals surface area contributed by atoms with Gasteiger partial charge in [-0.05, 0) is 103 Å². The zero-order valence-corrected chi connectivity index (χ0v) is 52.8. The van der Waals surface area contributed by atoms with Gasteiger partial charge in [-0.25, -0.2) is 0 Å². The van der Waals surface area contributed by atoms with E-state index in [1.165, 1.54) is 186 Å². The van der Waals surface area contributed by atoms with Crippen molar-refractivity contribution in [3.8, 4) is 0 Å². The molecule has 0 rings (SSSR count). The molecule has 0 aliphatic rings. The molecule has 0 radical (unpaired) electrons. The van der Waals surface area contributed by atoms with E-state index in [0.29, 0.717) is 19.3 Å². The molecule has 0 aliphatic heterocycles. The summed E-state index contributed by atoms with van der Waals surface area (Å²) in [5.41, 5.74) is 0. The van der Waals surface area contributed by atoms with Crippen molar-refractivity contribution in [2.45, 2.75) is 341 Å². The average Bonchev–Trinajstić information content (AvgIpc) is 3.46. The predicted octanol–water partition coefficient (Wildman–Crippen LogP) is 23.6. The van der Waals surface area contributed by atoms with Crippen LogP contribution in [-0.2, 0) is 28.6 Å². The second-order valence-corrected chi connectivity index (χ2v) is 22.7. The van der Waals surface area contributed by atoms with E-state index in [-0.39, 0.29) is 31.1 Å². The minimum absolute atomic E-state index is 0.0764. The predicted molar refractivity (Wildman–Crippen MR) is 348 cm³/mol. The molecule has 0 spiro atoms. The Morgan fingerprint density at radius 2 is 0.487 bits per heavy atom. The maximum Gasteiger partial charge on any atom is 0.306 e. The number of hydrogen-bond acceptors (Lipinski definition) is 6. The quantitative estimate of drug-likeness (QED) is 0.0261. The van der Waals surface area contributed by atoms with Crippen molar-refractivity contribution in [1.82, 2.24) is 0 Å². The molecule has 0 bridgehead atoms. The van der Waals surface area contributed by atoms with Gasteiger partial charge in [-0.2, -0.15) is 0 Å². The van der Waals surface area contributed by atoms with E-state index in [0.717, 1.165) is 109 Å². The monoisotopic (exact) mass is 1110 g/mol. The number of rotatable bonds is 62.